The molecular weight excluding hydrogens is 758 g/mol. The number of rotatable bonds is 15. The van der Waals surface area contributed by atoms with Gasteiger partial charge in [0.15, 0.2) is 16.0 Å². The van der Waals surface area contributed by atoms with Crippen molar-refractivity contribution in [2.24, 2.45) is 10.9 Å². The van der Waals surface area contributed by atoms with E-state index in [-0.39, 0.29) is 10.8 Å². The van der Waals surface area contributed by atoms with Crippen LogP contribution in [0.2, 0.25) is 0 Å². The van der Waals surface area contributed by atoms with E-state index in [1.165, 1.54) is 31.0 Å². The molecule has 0 bridgehead atoms. The second kappa shape index (κ2) is 16.5. The molecule has 1 aliphatic rings. The number of thiazole rings is 1. The number of oxime groups is 1. The number of imidazole rings is 1. The molecule has 1 saturated heterocycles. The topological polar surface area (TPSA) is 312 Å². The number of nitrogens with two attached hydrogens (primary N) is 2. The molecule has 51 heavy (non-hydrogen) atoms. The number of amides is 2. The summed E-state index contributed by atoms with van der Waals surface area (Å²) in [5.74, 6) is -5.13. The van der Waals surface area contributed by atoms with Crippen LogP contribution in [-0.2, 0) is 38.7 Å². The molecule has 2 amide bonds. The lowest BCUT2D eigenvalue weighted by Crippen LogP contribution is -2.76. The number of aromatic nitrogens is 3. The van der Waals surface area contributed by atoms with Crippen molar-refractivity contribution < 1.29 is 69.4 Å². The van der Waals surface area contributed by atoms with Gasteiger partial charge in [0.2, 0.25) is 0 Å². The van der Waals surface area contributed by atoms with E-state index in [9.17, 15) is 41.1 Å². The average molecular weight is 787 g/mol. The molecule has 0 spiro atoms. The van der Waals surface area contributed by atoms with E-state index in [1.807, 2.05) is 0 Å². The molecule has 3 aromatic rings. The Morgan fingerprint density at radius 3 is 2.45 bits per heavy atom. The maximum absolute atomic E-state index is 13.2. The molecule has 9 N–H and O–H groups in total. The van der Waals surface area contributed by atoms with Crippen molar-refractivity contribution in [2.75, 3.05) is 24.6 Å². The van der Waals surface area contributed by atoms with Crippen LogP contribution in [0.5, 0.6) is 5.75 Å². The Morgan fingerprint density at radius 2 is 1.92 bits per heavy atom. The van der Waals surface area contributed by atoms with Gasteiger partial charge in [-0.1, -0.05) is 16.9 Å². The number of hydroxylamine groups is 2. The van der Waals surface area contributed by atoms with Crippen LogP contribution in [0.15, 0.2) is 33.9 Å². The number of carbonyl (C=O) groups excluding carboxylic acids is 2. The van der Waals surface area contributed by atoms with Gasteiger partial charge < -0.3 is 41.6 Å². The SMILES string of the molecule is CC1(C)C(NC(=O)C(=NOC(COc2ccc3nc(SCCCN)[nH]c3c2)C(=O)O)c2csc(N)n2)C(=O)N1OS(=O)(=O)O.O=C(O)C(F)(F)F. The Kier molecular flexibility index (Phi) is 13.2. The van der Waals surface area contributed by atoms with Crippen molar-refractivity contribution in [3.63, 3.8) is 0 Å². The highest BCUT2D eigenvalue weighted by atomic mass is 32.3. The number of thioether (sulfide) groups is 1. The largest absolute Gasteiger partial charge is 0.490 e. The minimum Gasteiger partial charge on any atom is -0.489 e. The molecule has 0 saturated carbocycles. The lowest BCUT2D eigenvalue weighted by molar-refractivity contribution is -0.218. The summed E-state index contributed by atoms with van der Waals surface area (Å²) in [6.07, 6.45) is -5.94. The van der Waals surface area contributed by atoms with Crippen LogP contribution in [0.25, 0.3) is 11.0 Å². The van der Waals surface area contributed by atoms with Gasteiger partial charge >= 0.3 is 28.5 Å². The molecule has 1 aromatic carbocycles. The van der Waals surface area contributed by atoms with E-state index in [4.69, 9.17) is 35.5 Å². The number of carboxylic acid groups (broad SMARTS) is 2. The number of ether oxygens (including phenoxy) is 1. The summed E-state index contributed by atoms with van der Waals surface area (Å²) >= 11 is 2.47. The number of β-lactam (4-membered cyclic amide) rings is 1. The summed E-state index contributed by atoms with van der Waals surface area (Å²) in [4.78, 5) is 63.2. The van der Waals surface area contributed by atoms with E-state index >= 15 is 0 Å². The van der Waals surface area contributed by atoms with Crippen LogP contribution in [0.4, 0.5) is 18.3 Å². The number of halogens is 3. The number of hydrogen-bond donors (Lipinski definition) is 7. The summed E-state index contributed by atoms with van der Waals surface area (Å²) < 4.78 is 72.7. The number of fused-ring (bicyclic) bond motifs is 1. The van der Waals surface area contributed by atoms with Crippen molar-refractivity contribution in [1.82, 2.24) is 25.3 Å². The number of nitrogens with zero attached hydrogens (tertiary/aromatic N) is 4. The zero-order valence-electron chi connectivity index (χ0n) is 26.1. The molecule has 2 aromatic heterocycles. The van der Waals surface area contributed by atoms with Gasteiger partial charge in [0.25, 0.3) is 17.9 Å². The molecule has 2 atom stereocenters. The molecule has 2 unspecified atom stereocenters. The van der Waals surface area contributed by atoms with Gasteiger partial charge in [-0.2, -0.15) is 26.7 Å². The van der Waals surface area contributed by atoms with E-state index in [1.54, 1.807) is 18.2 Å². The number of nitrogens with one attached hydrogen (secondary N) is 2. The third-order valence-corrected chi connectivity index (χ3v) is 8.28. The van der Waals surface area contributed by atoms with Gasteiger partial charge in [0.1, 0.15) is 24.1 Å². The number of nitrogen functional groups attached to an aromatic ring is 1. The second-order valence-electron chi connectivity index (χ2n) is 10.5. The summed E-state index contributed by atoms with van der Waals surface area (Å²) in [7, 11) is -5.01. The Labute approximate surface area is 293 Å². The van der Waals surface area contributed by atoms with Crippen molar-refractivity contribution in [1.29, 1.82) is 0 Å². The second-order valence-corrected chi connectivity index (χ2v) is 13.4. The number of alkyl halides is 3. The first-order valence-electron chi connectivity index (χ1n) is 13.9. The summed E-state index contributed by atoms with van der Waals surface area (Å²) in [6.45, 7) is 2.77. The molecule has 0 aliphatic carbocycles. The maximum Gasteiger partial charge on any atom is 0.490 e. The van der Waals surface area contributed by atoms with Gasteiger partial charge in [-0.05, 0) is 38.9 Å². The molecule has 1 aliphatic heterocycles. The van der Waals surface area contributed by atoms with Crippen molar-refractivity contribution >= 4 is 79.1 Å². The zero-order valence-corrected chi connectivity index (χ0v) is 28.6. The van der Waals surface area contributed by atoms with Crippen LogP contribution in [0.3, 0.4) is 0 Å². The fourth-order valence-electron chi connectivity index (χ4n) is 3.83. The monoisotopic (exact) mass is 786 g/mol. The van der Waals surface area contributed by atoms with Gasteiger partial charge in [-0.25, -0.2) is 19.6 Å². The minimum absolute atomic E-state index is 0.0570. The first-order chi connectivity index (χ1) is 23.6. The van der Waals surface area contributed by atoms with E-state index in [0.717, 1.165) is 23.5 Å². The fourth-order valence-corrected chi connectivity index (χ4v) is 5.68. The number of aliphatic carboxylic acids is 2. The third kappa shape index (κ3) is 11.1. The Morgan fingerprint density at radius 1 is 1.25 bits per heavy atom. The predicted octanol–water partition coefficient (Wildman–Crippen LogP) is 0.769. The molecule has 0 radical (unpaired) electrons. The van der Waals surface area contributed by atoms with Crippen molar-refractivity contribution in [3.05, 3.63) is 29.3 Å². The van der Waals surface area contributed by atoms with Crippen LogP contribution in [0.1, 0.15) is 26.0 Å². The van der Waals surface area contributed by atoms with Crippen LogP contribution in [-0.4, -0.2) is 115 Å². The third-order valence-electron chi connectivity index (χ3n) is 6.31. The van der Waals surface area contributed by atoms with Gasteiger partial charge in [0, 0.05) is 17.2 Å². The van der Waals surface area contributed by atoms with Crippen LogP contribution in [0, 0.1) is 0 Å². The predicted molar refractivity (Wildman–Crippen MR) is 171 cm³/mol. The molecule has 26 heteroatoms. The summed E-state index contributed by atoms with van der Waals surface area (Å²) in [5, 5.41) is 25.4. The first-order valence-corrected chi connectivity index (χ1v) is 17.1. The van der Waals surface area contributed by atoms with Gasteiger partial charge in [0.05, 0.1) is 16.6 Å². The molecular formula is C25H29F3N8O12S3. The fraction of sp³-hybridized carbons (Fsp3) is 0.400. The van der Waals surface area contributed by atoms with Crippen LogP contribution < -0.4 is 21.5 Å². The highest BCUT2D eigenvalue weighted by molar-refractivity contribution is 7.99. The molecule has 20 nitrogen and oxygen atoms in total. The standard InChI is InChI=1S/C23H28N8O10S3.C2HF3O2/c1-23(2)17(19(33)31(23)41-44(36,37)38)29-18(32)16(14-10-43-21(25)26-14)30-40-15(20(34)35)9-39-11-4-5-12-13(8-11)28-22(27-12)42-7-3-6-24;3-2(4,5)1(6)7/h4-5,8,10,15,17H,3,6-7,9,24H2,1-2H3,(H2,25,26)(H,27,28)(H,29,32)(H,34,35)(H,36,37,38);(H,6,7). The minimum atomic E-state index is -5.08. The number of aromatic amines is 1. The molecule has 1 fully saturated rings. The lowest BCUT2D eigenvalue weighted by Gasteiger charge is -2.50. The Balaban J connectivity index is 0.000000908. The highest BCUT2D eigenvalue weighted by Crippen LogP contribution is 2.33. The lowest BCUT2D eigenvalue weighted by atomic mass is 9.84. The number of H-pyrrole nitrogens is 1. The number of hydrogen-bond acceptors (Lipinski definition) is 16. The number of anilines is 1. The smallest absolute Gasteiger partial charge is 0.489 e. The Hall–Kier alpha value is -4.76. The molecule has 3 heterocycles. The van der Waals surface area contributed by atoms with E-state index in [2.05, 4.69) is 29.7 Å². The summed E-state index contributed by atoms with van der Waals surface area (Å²) in [5.41, 5.74) is 10.5. The van der Waals surface area contributed by atoms with Gasteiger partial charge in [-0.3, -0.25) is 14.1 Å². The molecule has 4 rings (SSSR count). The molecule has 280 valence electrons. The number of carbonyl (C=O) groups is 4. The van der Waals surface area contributed by atoms with Crippen molar-refractivity contribution in [3.8, 4) is 5.75 Å². The first kappa shape index (κ1) is 40.7. The van der Waals surface area contributed by atoms with E-state index in [0.29, 0.717) is 33.5 Å². The van der Waals surface area contributed by atoms with E-state index < -0.39 is 70.3 Å². The summed E-state index contributed by atoms with van der Waals surface area (Å²) in [6, 6.07) is 3.61. The normalized spacial score (nSPS) is 16.5. The highest BCUT2D eigenvalue weighted by Gasteiger charge is 2.58. The quantitative estimate of drug-likeness (QED) is 0.0279. The zero-order chi connectivity index (χ0) is 38.3. The Bertz CT molecular complexity index is 1900. The maximum atomic E-state index is 13.2. The van der Waals surface area contributed by atoms with Crippen molar-refractivity contribution in [2.45, 2.75) is 49.3 Å². The van der Waals surface area contributed by atoms with Crippen LogP contribution >= 0.6 is 23.1 Å². The number of carboxylic acids is 2. The average Bonchev–Trinajstić information content (AvgIpc) is 3.64. The number of benzene rings is 1. The van der Waals surface area contributed by atoms with Gasteiger partial charge in [-0.15, -0.1) is 15.6 Å².